The molecule has 0 atom stereocenters. The highest BCUT2D eigenvalue weighted by molar-refractivity contribution is 7.99. The molecule has 0 radical (unpaired) electrons. The second-order valence-electron chi connectivity index (χ2n) is 7.47. The minimum Gasteiger partial charge on any atom is -0.379 e. The number of rotatable bonds is 8. The lowest BCUT2D eigenvalue weighted by Crippen LogP contribution is -2.35. The van der Waals surface area contributed by atoms with Crippen molar-refractivity contribution in [2.75, 3.05) is 32.1 Å². The topological polar surface area (TPSA) is 41.6 Å². The monoisotopic (exact) mass is 398 g/mol. The normalized spacial score (nSPS) is 14.8. The average Bonchev–Trinajstić information content (AvgIpc) is 2.67. The van der Waals surface area contributed by atoms with Gasteiger partial charge < -0.3 is 10.1 Å². The zero-order chi connectivity index (χ0) is 19.8. The van der Waals surface area contributed by atoms with E-state index in [1.165, 1.54) is 22.3 Å². The Balaban J connectivity index is 1.36. The fraction of sp³-hybridized carbons (Fsp3) is 0.435. The Morgan fingerprint density at radius 1 is 1.00 bits per heavy atom. The van der Waals surface area contributed by atoms with Crippen LogP contribution in [-0.4, -0.2) is 42.9 Å². The zero-order valence-electron chi connectivity index (χ0n) is 16.9. The van der Waals surface area contributed by atoms with E-state index in [0.717, 1.165) is 44.2 Å². The molecule has 4 nitrogen and oxygen atoms in total. The molecule has 1 N–H and O–H groups in total. The third-order valence-corrected chi connectivity index (χ3v) is 5.81. The lowest BCUT2D eigenvalue weighted by molar-refractivity contribution is -0.118. The maximum absolute atomic E-state index is 12.1. The third-order valence-electron chi connectivity index (χ3n) is 4.81. The number of morpholine rings is 1. The summed E-state index contributed by atoms with van der Waals surface area (Å²) >= 11 is 1.66. The number of carbonyl (C=O) groups excluding carboxylic acids is 1. The van der Waals surface area contributed by atoms with Crippen LogP contribution in [0.2, 0.25) is 0 Å². The molecule has 0 unspecified atom stereocenters. The van der Waals surface area contributed by atoms with Crippen molar-refractivity contribution in [3.63, 3.8) is 0 Å². The van der Waals surface area contributed by atoms with Crippen LogP contribution < -0.4 is 5.32 Å². The van der Waals surface area contributed by atoms with Gasteiger partial charge in [-0.05, 0) is 30.5 Å². The van der Waals surface area contributed by atoms with Gasteiger partial charge in [0.05, 0.1) is 19.0 Å². The predicted octanol–water partition coefficient (Wildman–Crippen LogP) is 3.69. The van der Waals surface area contributed by atoms with Gasteiger partial charge in [0, 0.05) is 31.9 Å². The van der Waals surface area contributed by atoms with Gasteiger partial charge in [-0.1, -0.05) is 53.6 Å². The van der Waals surface area contributed by atoms with Crippen LogP contribution in [0.4, 0.5) is 0 Å². The summed E-state index contributed by atoms with van der Waals surface area (Å²) in [4.78, 5) is 14.5. The Morgan fingerprint density at radius 3 is 2.32 bits per heavy atom. The lowest BCUT2D eigenvalue weighted by atomic mass is 10.1. The van der Waals surface area contributed by atoms with Gasteiger partial charge in [-0.3, -0.25) is 9.69 Å². The number of nitrogens with one attached hydrogen (secondary N) is 1. The van der Waals surface area contributed by atoms with Crippen LogP contribution >= 0.6 is 11.8 Å². The summed E-state index contributed by atoms with van der Waals surface area (Å²) < 4.78 is 5.39. The second-order valence-corrected chi connectivity index (χ2v) is 8.46. The number of nitrogens with zero attached hydrogens (tertiary/aromatic N) is 1. The van der Waals surface area contributed by atoms with E-state index in [0.29, 0.717) is 12.3 Å². The van der Waals surface area contributed by atoms with Gasteiger partial charge in [0.1, 0.15) is 0 Å². The number of aryl methyl sites for hydroxylation is 2. The zero-order valence-corrected chi connectivity index (χ0v) is 17.7. The molecule has 1 aliphatic heterocycles. The number of benzene rings is 2. The first-order chi connectivity index (χ1) is 13.6. The molecule has 1 saturated heterocycles. The highest BCUT2D eigenvalue weighted by Gasteiger charge is 2.10. The molecule has 1 aliphatic rings. The molecule has 150 valence electrons. The minimum atomic E-state index is 0.0896. The van der Waals surface area contributed by atoms with Gasteiger partial charge in [-0.15, -0.1) is 11.8 Å². The highest BCUT2D eigenvalue weighted by atomic mass is 32.2. The van der Waals surface area contributed by atoms with Crippen LogP contribution in [0.3, 0.4) is 0 Å². The summed E-state index contributed by atoms with van der Waals surface area (Å²) in [5.74, 6) is 1.45. The first kappa shape index (κ1) is 20.9. The molecular weight excluding hydrogens is 368 g/mol. The Bertz CT molecular complexity index is 750. The minimum absolute atomic E-state index is 0.0896. The van der Waals surface area contributed by atoms with Gasteiger partial charge >= 0.3 is 0 Å². The molecule has 0 bridgehead atoms. The molecule has 0 aromatic heterocycles. The predicted molar refractivity (Wildman–Crippen MR) is 116 cm³/mol. The van der Waals surface area contributed by atoms with Crippen molar-refractivity contribution in [3.05, 3.63) is 70.3 Å². The first-order valence-corrected chi connectivity index (χ1v) is 11.0. The molecule has 1 fully saturated rings. The van der Waals surface area contributed by atoms with Crippen molar-refractivity contribution in [2.45, 2.75) is 32.7 Å². The summed E-state index contributed by atoms with van der Waals surface area (Å²) in [6, 6.07) is 15.1. The molecule has 3 rings (SSSR count). The van der Waals surface area contributed by atoms with E-state index in [1.807, 2.05) is 0 Å². The quantitative estimate of drug-likeness (QED) is 0.736. The number of hydrogen-bond acceptors (Lipinski definition) is 4. The number of carbonyl (C=O) groups is 1. The lowest BCUT2D eigenvalue weighted by Gasteiger charge is -2.26. The molecule has 1 amide bonds. The Kier molecular flexibility index (Phi) is 7.95. The molecule has 0 aliphatic carbocycles. The van der Waals surface area contributed by atoms with E-state index in [4.69, 9.17) is 4.74 Å². The van der Waals surface area contributed by atoms with Gasteiger partial charge in [-0.2, -0.15) is 0 Å². The molecule has 28 heavy (non-hydrogen) atoms. The van der Waals surface area contributed by atoms with Crippen molar-refractivity contribution >= 4 is 17.7 Å². The Labute approximate surface area is 172 Å². The molecule has 2 aromatic rings. The molecule has 2 aromatic carbocycles. The van der Waals surface area contributed by atoms with Crippen molar-refractivity contribution in [1.82, 2.24) is 10.2 Å². The Morgan fingerprint density at radius 2 is 1.64 bits per heavy atom. The van der Waals surface area contributed by atoms with Crippen molar-refractivity contribution in [3.8, 4) is 0 Å². The van der Waals surface area contributed by atoms with Crippen LogP contribution in [0.15, 0.2) is 42.5 Å². The van der Waals surface area contributed by atoms with E-state index in [1.54, 1.807) is 11.8 Å². The highest BCUT2D eigenvalue weighted by Crippen LogP contribution is 2.16. The summed E-state index contributed by atoms with van der Waals surface area (Å²) in [6.45, 7) is 9.42. The fourth-order valence-electron chi connectivity index (χ4n) is 3.45. The van der Waals surface area contributed by atoms with Gasteiger partial charge in [0.2, 0.25) is 5.91 Å². The summed E-state index contributed by atoms with van der Waals surface area (Å²) in [5.41, 5.74) is 6.28. The van der Waals surface area contributed by atoms with E-state index < -0.39 is 0 Å². The van der Waals surface area contributed by atoms with Crippen LogP contribution in [-0.2, 0) is 28.4 Å². The molecule has 0 saturated carbocycles. The van der Waals surface area contributed by atoms with Gasteiger partial charge in [-0.25, -0.2) is 0 Å². The SMILES string of the molecule is Cc1cc(C)cc(CSCC(=O)NCc2ccc(CN3CCOCC3)cc2)c1. The fourth-order valence-corrected chi connectivity index (χ4v) is 4.24. The largest absolute Gasteiger partial charge is 0.379 e. The average molecular weight is 399 g/mol. The van der Waals surface area contributed by atoms with Gasteiger partial charge in [0.25, 0.3) is 0 Å². The standard InChI is InChI=1S/C23H30N2O2S/c1-18-11-19(2)13-22(12-18)16-28-17-23(26)24-14-20-3-5-21(6-4-20)15-25-7-9-27-10-8-25/h3-6,11-13H,7-10,14-17H2,1-2H3,(H,24,26). The van der Waals surface area contributed by atoms with Crippen molar-refractivity contribution < 1.29 is 9.53 Å². The van der Waals surface area contributed by atoms with E-state index in [-0.39, 0.29) is 5.91 Å². The summed E-state index contributed by atoms with van der Waals surface area (Å²) in [5, 5.41) is 3.02. The molecule has 0 spiro atoms. The summed E-state index contributed by atoms with van der Waals surface area (Å²) in [7, 11) is 0. The maximum Gasteiger partial charge on any atom is 0.230 e. The third kappa shape index (κ3) is 6.97. The number of ether oxygens (including phenoxy) is 1. The van der Waals surface area contributed by atoms with E-state index >= 15 is 0 Å². The smallest absolute Gasteiger partial charge is 0.230 e. The van der Waals surface area contributed by atoms with Gasteiger partial charge in [0.15, 0.2) is 0 Å². The van der Waals surface area contributed by atoms with E-state index in [9.17, 15) is 4.79 Å². The van der Waals surface area contributed by atoms with Crippen molar-refractivity contribution in [1.29, 1.82) is 0 Å². The number of hydrogen-bond donors (Lipinski definition) is 1. The first-order valence-electron chi connectivity index (χ1n) is 9.88. The van der Waals surface area contributed by atoms with Crippen LogP contribution in [0.25, 0.3) is 0 Å². The summed E-state index contributed by atoms with van der Waals surface area (Å²) in [6.07, 6.45) is 0. The number of thioether (sulfide) groups is 1. The second kappa shape index (κ2) is 10.6. The van der Waals surface area contributed by atoms with Crippen molar-refractivity contribution in [2.24, 2.45) is 0 Å². The maximum atomic E-state index is 12.1. The van der Waals surface area contributed by atoms with E-state index in [2.05, 4.69) is 66.5 Å². The van der Waals surface area contributed by atoms with Crippen LogP contribution in [0.1, 0.15) is 27.8 Å². The molecular formula is C23H30N2O2S. The number of amides is 1. The van der Waals surface area contributed by atoms with Crippen LogP contribution in [0, 0.1) is 13.8 Å². The van der Waals surface area contributed by atoms with Crippen LogP contribution in [0.5, 0.6) is 0 Å². The Hall–Kier alpha value is -1.82. The molecule has 1 heterocycles. The molecule has 5 heteroatoms.